The molecule has 0 spiro atoms. The van der Waals surface area contributed by atoms with Gasteiger partial charge in [0.2, 0.25) is 0 Å². The average molecular weight is 302 g/mol. The molecule has 19 heavy (non-hydrogen) atoms. The van der Waals surface area contributed by atoms with Crippen molar-refractivity contribution in [3.8, 4) is 0 Å². The second-order valence-electron chi connectivity index (χ2n) is 5.28. The van der Waals surface area contributed by atoms with Gasteiger partial charge < -0.3 is 15.3 Å². The number of rotatable bonds is 3. The zero-order valence-electron chi connectivity index (χ0n) is 15.1. The van der Waals surface area contributed by atoms with Crippen molar-refractivity contribution < 1.29 is 115 Å². The summed E-state index contributed by atoms with van der Waals surface area (Å²) in [6.45, 7) is 12.3. The molecule has 6 heteroatoms. The van der Waals surface area contributed by atoms with Crippen molar-refractivity contribution in [3.05, 3.63) is 0 Å². The van der Waals surface area contributed by atoms with E-state index in [9.17, 15) is 15.3 Å². The Morgan fingerprint density at radius 1 is 0.895 bits per heavy atom. The second kappa shape index (κ2) is 23.4. The molecule has 0 heterocycles. The Balaban J connectivity index is -0.0000000311. The van der Waals surface area contributed by atoms with Crippen LogP contribution in [-0.2, 0) is 0 Å². The van der Waals surface area contributed by atoms with Gasteiger partial charge >= 0.3 is 99.8 Å². The molecular weight excluding hydrogens is 273 g/mol. The summed E-state index contributed by atoms with van der Waals surface area (Å²) < 4.78 is 0. The smallest absolute Gasteiger partial charge is 0.854 e. The van der Waals surface area contributed by atoms with Crippen molar-refractivity contribution in [1.82, 2.24) is 0 Å². The fraction of sp³-hybridized carbons (Fsp3) is 1.00. The van der Waals surface area contributed by atoms with E-state index in [-0.39, 0.29) is 106 Å². The summed E-state index contributed by atoms with van der Waals surface area (Å²) in [4.78, 5) is 0. The molecule has 0 aromatic rings. The fourth-order valence-electron chi connectivity index (χ4n) is 0.144. The molecule has 0 rings (SSSR count). The van der Waals surface area contributed by atoms with Gasteiger partial charge in [0.25, 0.3) is 0 Å². The molecule has 0 unspecified atom stereocenters. The molecule has 0 aliphatic heterocycles. The van der Waals surface area contributed by atoms with Crippen molar-refractivity contribution in [2.24, 2.45) is 0 Å². The largest absolute Gasteiger partial charge is 1.00 e. The van der Waals surface area contributed by atoms with Gasteiger partial charge in [0.05, 0.1) is 0 Å². The third-order valence-electron chi connectivity index (χ3n) is 1.35. The third-order valence-corrected chi connectivity index (χ3v) is 1.35. The molecule has 0 aliphatic rings. The Morgan fingerprint density at radius 2 is 1.11 bits per heavy atom. The molecule has 0 amide bonds. The molecule has 0 aromatic carbocycles. The van der Waals surface area contributed by atoms with Crippen LogP contribution in [0, 0.1) is 0 Å². The average Bonchev–Trinajstić information content (AvgIpc) is 2.02. The molecule has 0 saturated carbocycles. The molecule has 0 N–H and O–H groups in total. The van der Waals surface area contributed by atoms with E-state index in [0.29, 0.717) is 6.42 Å². The first kappa shape index (κ1) is 38.0. The summed E-state index contributed by atoms with van der Waals surface area (Å²) in [5.74, 6) is 0. The minimum absolute atomic E-state index is 0. The molecular formula is C13H29KLiNaO3. The Labute approximate surface area is 197 Å². The summed E-state index contributed by atoms with van der Waals surface area (Å²) in [7, 11) is 0. The Morgan fingerprint density at radius 3 is 1.11 bits per heavy atom. The number of hydrogen-bond donors (Lipinski definition) is 0. The van der Waals surface area contributed by atoms with Crippen LogP contribution in [0.3, 0.4) is 0 Å². The minimum atomic E-state index is -0.750. The Bertz CT molecular complexity index is 129. The first-order chi connectivity index (χ1) is 6.97. The Kier molecular flexibility index (Phi) is 46.7. The molecule has 102 valence electrons. The van der Waals surface area contributed by atoms with Crippen molar-refractivity contribution in [1.29, 1.82) is 0 Å². The predicted molar refractivity (Wildman–Crippen MR) is 63.9 cm³/mol. The van der Waals surface area contributed by atoms with E-state index in [4.69, 9.17) is 0 Å². The van der Waals surface area contributed by atoms with Gasteiger partial charge in [-0.05, 0) is 0 Å². The van der Waals surface area contributed by atoms with Gasteiger partial charge in [0.15, 0.2) is 0 Å². The van der Waals surface area contributed by atoms with E-state index in [2.05, 4.69) is 0 Å². The van der Waals surface area contributed by atoms with Crippen LogP contribution in [0.2, 0.25) is 0 Å². The zero-order chi connectivity index (χ0) is 13.8. The van der Waals surface area contributed by atoms with Crippen LogP contribution in [0.4, 0.5) is 0 Å². The number of hydrogen-bond acceptors (Lipinski definition) is 3. The van der Waals surface area contributed by atoms with E-state index in [1.54, 1.807) is 34.6 Å². The maximum atomic E-state index is 10.5. The quantitative estimate of drug-likeness (QED) is 0.486. The van der Waals surface area contributed by atoms with Crippen LogP contribution in [0.1, 0.15) is 67.7 Å². The molecule has 3 nitrogen and oxygen atoms in total. The molecule has 0 fully saturated rings. The van der Waals surface area contributed by atoms with Gasteiger partial charge in [-0.2, -0.15) is 0 Å². The molecule has 0 atom stereocenters. The van der Waals surface area contributed by atoms with Gasteiger partial charge in [-0.15, -0.1) is 17.8 Å². The van der Waals surface area contributed by atoms with Crippen LogP contribution >= 0.6 is 0 Å². The van der Waals surface area contributed by atoms with Gasteiger partial charge in [-0.3, -0.25) is 0 Å². The van der Waals surface area contributed by atoms with Crippen LogP contribution < -0.4 is 115 Å². The molecule has 0 saturated heterocycles. The number of unbranched alkanes of at least 4 members (excludes halogenated alkanes) is 1. The normalized spacial score (nSPS) is 9.16. The summed E-state index contributed by atoms with van der Waals surface area (Å²) in [6.07, 6.45) is 2.58. The van der Waals surface area contributed by atoms with Gasteiger partial charge in [0, 0.05) is 0 Å². The predicted octanol–water partition coefficient (Wildman–Crippen LogP) is -8.16. The van der Waals surface area contributed by atoms with Crippen molar-refractivity contribution in [3.63, 3.8) is 0 Å². The second-order valence-corrected chi connectivity index (χ2v) is 5.28. The maximum absolute atomic E-state index is 10.5. The van der Waals surface area contributed by atoms with E-state index in [1.807, 2.05) is 13.8 Å². The maximum Gasteiger partial charge on any atom is 1.00 e. The Hall–Kier alpha value is 3.11. The first-order valence-electron chi connectivity index (χ1n) is 5.96. The minimum Gasteiger partial charge on any atom is -0.854 e. The topological polar surface area (TPSA) is 69.2 Å². The van der Waals surface area contributed by atoms with Crippen LogP contribution in [0.5, 0.6) is 0 Å². The van der Waals surface area contributed by atoms with Crippen LogP contribution in [0.25, 0.3) is 0 Å². The first-order valence-corrected chi connectivity index (χ1v) is 5.96. The monoisotopic (exact) mass is 302 g/mol. The standard InChI is InChI=1S/C5H11O.2C4H9O.K.Li.Na/c1-4-5(2,3)6;1-4(2,3)5;1-2-3-4-5;;;/h4H2,1-3H3;1-3H3;2-4H2,1H3;;;/q3*-1;3*+1. The summed E-state index contributed by atoms with van der Waals surface area (Å²) in [6, 6.07) is 0. The van der Waals surface area contributed by atoms with E-state index < -0.39 is 11.2 Å². The van der Waals surface area contributed by atoms with Crippen LogP contribution in [0.15, 0.2) is 0 Å². The molecule has 0 bridgehead atoms. The SMILES string of the molecule is CC(C)(C)[O-].CCC(C)(C)[O-].CCCC[O-].[K+].[Li+].[Na+]. The summed E-state index contributed by atoms with van der Waals surface area (Å²) >= 11 is 0. The van der Waals surface area contributed by atoms with Crippen LogP contribution in [-0.4, -0.2) is 17.8 Å². The zero-order valence-corrected chi connectivity index (χ0v) is 20.2. The van der Waals surface area contributed by atoms with Gasteiger partial charge in [0.1, 0.15) is 0 Å². The third kappa shape index (κ3) is 117. The van der Waals surface area contributed by atoms with Gasteiger partial charge in [-0.25, -0.2) is 0 Å². The molecule has 0 aliphatic carbocycles. The van der Waals surface area contributed by atoms with E-state index in [0.717, 1.165) is 12.8 Å². The van der Waals surface area contributed by atoms with Gasteiger partial charge in [-0.1, -0.05) is 67.7 Å². The summed E-state index contributed by atoms with van der Waals surface area (Å²) in [5, 5.41) is 30.1. The molecule has 0 aromatic heterocycles. The molecule has 0 radical (unpaired) electrons. The van der Waals surface area contributed by atoms with Crippen molar-refractivity contribution in [2.45, 2.75) is 78.9 Å². The fourth-order valence-corrected chi connectivity index (χ4v) is 0.144. The van der Waals surface area contributed by atoms with E-state index in [1.165, 1.54) is 0 Å². The van der Waals surface area contributed by atoms with Crippen molar-refractivity contribution in [2.75, 3.05) is 6.61 Å². The van der Waals surface area contributed by atoms with Crippen molar-refractivity contribution >= 4 is 0 Å². The summed E-state index contributed by atoms with van der Waals surface area (Å²) in [5.41, 5.74) is -1.46. The van der Waals surface area contributed by atoms with E-state index >= 15 is 0 Å².